The lowest BCUT2D eigenvalue weighted by atomic mass is 10.2. The van der Waals surface area contributed by atoms with Gasteiger partial charge in [0.2, 0.25) is 5.91 Å². The molecule has 0 radical (unpaired) electrons. The van der Waals surface area contributed by atoms with Crippen LogP contribution >= 0.6 is 11.8 Å². The van der Waals surface area contributed by atoms with Gasteiger partial charge in [0.1, 0.15) is 0 Å². The molecule has 4 heteroatoms. The van der Waals surface area contributed by atoms with Crippen molar-refractivity contribution in [1.29, 1.82) is 0 Å². The van der Waals surface area contributed by atoms with Crippen LogP contribution < -0.4 is 10.6 Å². The van der Waals surface area contributed by atoms with Gasteiger partial charge in [-0.2, -0.15) is 11.8 Å². The smallest absolute Gasteiger partial charge is 0.220 e. The minimum Gasteiger partial charge on any atom is -0.356 e. The van der Waals surface area contributed by atoms with Crippen molar-refractivity contribution in [3.63, 3.8) is 0 Å². The molecule has 0 aromatic rings. The Morgan fingerprint density at radius 3 is 2.56 bits per heavy atom. The van der Waals surface area contributed by atoms with E-state index in [0.717, 1.165) is 25.3 Å². The standard InChI is InChI=1S/C12H26N2OS/c1-10(2)13-7-5-6-12(15)14-8-11(3)9-16-4/h10-11,13H,5-9H2,1-4H3,(H,14,15). The second kappa shape index (κ2) is 9.97. The van der Waals surface area contributed by atoms with Crippen LogP contribution in [0.5, 0.6) is 0 Å². The van der Waals surface area contributed by atoms with Gasteiger partial charge in [0.05, 0.1) is 0 Å². The lowest BCUT2D eigenvalue weighted by Crippen LogP contribution is -2.30. The largest absolute Gasteiger partial charge is 0.356 e. The molecule has 0 aliphatic carbocycles. The maximum atomic E-state index is 11.5. The molecule has 0 aliphatic heterocycles. The molecule has 0 rings (SSSR count). The molecule has 0 spiro atoms. The molecule has 16 heavy (non-hydrogen) atoms. The second-order valence-electron chi connectivity index (χ2n) is 4.58. The van der Waals surface area contributed by atoms with Crippen molar-refractivity contribution in [2.75, 3.05) is 25.1 Å². The molecule has 0 aromatic heterocycles. The summed E-state index contributed by atoms with van der Waals surface area (Å²) in [6.45, 7) is 8.12. The number of carbonyl (C=O) groups excluding carboxylic acids is 1. The Hall–Kier alpha value is -0.220. The number of hydrogen-bond acceptors (Lipinski definition) is 3. The topological polar surface area (TPSA) is 41.1 Å². The highest BCUT2D eigenvalue weighted by molar-refractivity contribution is 7.98. The van der Waals surface area contributed by atoms with Crippen LogP contribution in [-0.2, 0) is 4.79 Å². The summed E-state index contributed by atoms with van der Waals surface area (Å²) in [6, 6.07) is 0.504. The average molecular weight is 246 g/mol. The number of nitrogens with one attached hydrogen (secondary N) is 2. The summed E-state index contributed by atoms with van der Waals surface area (Å²) in [4.78, 5) is 11.5. The van der Waals surface area contributed by atoms with E-state index in [0.29, 0.717) is 18.4 Å². The van der Waals surface area contributed by atoms with Crippen molar-refractivity contribution in [3.05, 3.63) is 0 Å². The fraction of sp³-hybridized carbons (Fsp3) is 0.917. The maximum absolute atomic E-state index is 11.5. The SMILES string of the molecule is CSCC(C)CNC(=O)CCCNC(C)C. The number of rotatable bonds is 9. The van der Waals surface area contributed by atoms with Crippen LogP contribution in [0.4, 0.5) is 0 Å². The van der Waals surface area contributed by atoms with Gasteiger partial charge in [-0.25, -0.2) is 0 Å². The van der Waals surface area contributed by atoms with E-state index in [-0.39, 0.29) is 5.91 Å². The van der Waals surface area contributed by atoms with Gasteiger partial charge in [0, 0.05) is 19.0 Å². The summed E-state index contributed by atoms with van der Waals surface area (Å²) in [5.41, 5.74) is 0. The van der Waals surface area contributed by atoms with E-state index in [4.69, 9.17) is 0 Å². The van der Waals surface area contributed by atoms with Crippen molar-refractivity contribution in [2.45, 2.75) is 39.7 Å². The number of thioether (sulfide) groups is 1. The first kappa shape index (κ1) is 15.8. The maximum Gasteiger partial charge on any atom is 0.220 e. The number of hydrogen-bond donors (Lipinski definition) is 2. The van der Waals surface area contributed by atoms with Gasteiger partial charge in [0.25, 0.3) is 0 Å². The summed E-state index contributed by atoms with van der Waals surface area (Å²) in [6.07, 6.45) is 3.64. The van der Waals surface area contributed by atoms with Crippen LogP contribution in [-0.4, -0.2) is 37.0 Å². The molecule has 1 unspecified atom stereocenters. The second-order valence-corrected chi connectivity index (χ2v) is 5.49. The lowest BCUT2D eigenvalue weighted by Gasteiger charge is -2.11. The molecule has 96 valence electrons. The first-order valence-corrected chi connectivity index (χ1v) is 7.44. The normalized spacial score (nSPS) is 12.8. The highest BCUT2D eigenvalue weighted by Gasteiger charge is 2.04. The summed E-state index contributed by atoms with van der Waals surface area (Å²) < 4.78 is 0. The van der Waals surface area contributed by atoms with Gasteiger partial charge in [-0.3, -0.25) is 4.79 Å². The van der Waals surface area contributed by atoms with E-state index in [1.54, 1.807) is 0 Å². The van der Waals surface area contributed by atoms with E-state index in [1.807, 2.05) is 11.8 Å². The van der Waals surface area contributed by atoms with Gasteiger partial charge in [-0.15, -0.1) is 0 Å². The zero-order chi connectivity index (χ0) is 12.4. The predicted molar refractivity (Wildman–Crippen MR) is 72.9 cm³/mol. The highest BCUT2D eigenvalue weighted by atomic mass is 32.2. The Bertz CT molecular complexity index is 186. The summed E-state index contributed by atoms with van der Waals surface area (Å²) in [5.74, 6) is 1.85. The minimum absolute atomic E-state index is 0.179. The first-order valence-electron chi connectivity index (χ1n) is 6.05. The Balaban J connectivity index is 3.37. The van der Waals surface area contributed by atoms with E-state index in [1.165, 1.54) is 0 Å². The van der Waals surface area contributed by atoms with Crippen molar-refractivity contribution >= 4 is 17.7 Å². The number of amides is 1. The third-order valence-corrected chi connectivity index (χ3v) is 3.13. The first-order chi connectivity index (χ1) is 7.56. The fourth-order valence-electron chi connectivity index (χ4n) is 1.36. The Morgan fingerprint density at radius 2 is 2.00 bits per heavy atom. The lowest BCUT2D eigenvalue weighted by molar-refractivity contribution is -0.121. The van der Waals surface area contributed by atoms with Gasteiger partial charge in [-0.05, 0) is 30.9 Å². The quantitative estimate of drug-likeness (QED) is 0.610. The molecule has 1 amide bonds. The molecule has 0 aromatic carbocycles. The summed E-state index contributed by atoms with van der Waals surface area (Å²) in [5, 5.41) is 6.28. The molecule has 2 N–H and O–H groups in total. The number of carbonyl (C=O) groups is 1. The average Bonchev–Trinajstić information content (AvgIpc) is 2.22. The van der Waals surface area contributed by atoms with Crippen LogP contribution in [0.1, 0.15) is 33.6 Å². The van der Waals surface area contributed by atoms with Crippen LogP contribution in [0, 0.1) is 5.92 Å². The van der Waals surface area contributed by atoms with Crippen molar-refractivity contribution in [1.82, 2.24) is 10.6 Å². The van der Waals surface area contributed by atoms with Crippen LogP contribution in [0.2, 0.25) is 0 Å². The van der Waals surface area contributed by atoms with Crippen LogP contribution in [0.25, 0.3) is 0 Å². The molecule has 0 bridgehead atoms. The van der Waals surface area contributed by atoms with Crippen molar-refractivity contribution < 1.29 is 4.79 Å². The van der Waals surface area contributed by atoms with Gasteiger partial charge in [-0.1, -0.05) is 20.8 Å². The minimum atomic E-state index is 0.179. The van der Waals surface area contributed by atoms with E-state index in [9.17, 15) is 4.79 Å². The molecule has 0 saturated carbocycles. The molecular formula is C12H26N2OS. The van der Waals surface area contributed by atoms with E-state index in [2.05, 4.69) is 37.7 Å². The summed E-state index contributed by atoms with van der Waals surface area (Å²) in [7, 11) is 0. The monoisotopic (exact) mass is 246 g/mol. The van der Waals surface area contributed by atoms with E-state index >= 15 is 0 Å². The van der Waals surface area contributed by atoms with Gasteiger partial charge in [0.15, 0.2) is 0 Å². The van der Waals surface area contributed by atoms with Crippen LogP contribution in [0.3, 0.4) is 0 Å². The molecule has 0 aliphatic rings. The zero-order valence-electron chi connectivity index (χ0n) is 11.0. The third kappa shape index (κ3) is 10.3. The molecular weight excluding hydrogens is 220 g/mol. The van der Waals surface area contributed by atoms with Crippen molar-refractivity contribution in [2.24, 2.45) is 5.92 Å². The van der Waals surface area contributed by atoms with Crippen molar-refractivity contribution in [3.8, 4) is 0 Å². The molecule has 3 nitrogen and oxygen atoms in total. The zero-order valence-corrected chi connectivity index (χ0v) is 11.8. The molecule has 0 heterocycles. The summed E-state index contributed by atoms with van der Waals surface area (Å²) >= 11 is 1.82. The highest BCUT2D eigenvalue weighted by Crippen LogP contribution is 2.02. The van der Waals surface area contributed by atoms with Crippen LogP contribution in [0.15, 0.2) is 0 Å². The third-order valence-electron chi connectivity index (χ3n) is 2.23. The molecule has 0 saturated heterocycles. The van der Waals surface area contributed by atoms with Gasteiger partial charge < -0.3 is 10.6 Å². The molecule has 1 atom stereocenters. The fourth-order valence-corrected chi connectivity index (χ4v) is 2.05. The van der Waals surface area contributed by atoms with E-state index < -0.39 is 0 Å². The van der Waals surface area contributed by atoms with Gasteiger partial charge >= 0.3 is 0 Å². The predicted octanol–water partition coefficient (Wildman–Crippen LogP) is 1.88. The molecule has 0 fully saturated rings. The Labute approximate surface area is 104 Å². The Morgan fingerprint density at radius 1 is 1.31 bits per heavy atom. The Kier molecular flexibility index (Phi) is 9.83.